The molecule has 0 bridgehead atoms. The average molecular weight is 340 g/mol. The average Bonchev–Trinajstić information content (AvgIpc) is 3.06. The van der Waals surface area contributed by atoms with E-state index in [-0.39, 0.29) is 0 Å². The number of aliphatic hydroxyl groups is 2. The van der Waals surface area contributed by atoms with Gasteiger partial charge in [0.1, 0.15) is 30.2 Å². The lowest BCUT2D eigenvalue weighted by molar-refractivity contribution is -0.247. The molecule has 1 aromatic rings. The molecule has 0 amide bonds. The Balaban J connectivity index is 1.66. The molecule has 0 saturated carbocycles. The molecular formula is C17H24O7. The summed E-state index contributed by atoms with van der Waals surface area (Å²) >= 11 is 0. The summed E-state index contributed by atoms with van der Waals surface area (Å²) < 4.78 is 28.4. The van der Waals surface area contributed by atoms with Crippen LogP contribution in [-0.2, 0) is 25.6 Å². The van der Waals surface area contributed by atoms with Crippen molar-refractivity contribution in [3.05, 3.63) is 29.8 Å². The maximum atomic E-state index is 9.96. The number of hydrogen-bond acceptors (Lipinski definition) is 7. The van der Waals surface area contributed by atoms with E-state index in [9.17, 15) is 10.2 Å². The van der Waals surface area contributed by atoms with Crippen LogP contribution in [0.15, 0.2) is 24.3 Å². The first-order valence-corrected chi connectivity index (χ1v) is 7.98. The predicted octanol–water partition coefficient (Wildman–Crippen LogP) is 0.810. The van der Waals surface area contributed by atoms with Crippen molar-refractivity contribution in [1.82, 2.24) is 0 Å². The monoisotopic (exact) mass is 340 g/mol. The number of aliphatic hydroxyl groups excluding tert-OH is 2. The van der Waals surface area contributed by atoms with Gasteiger partial charge in [-0.25, -0.2) is 0 Å². The van der Waals surface area contributed by atoms with Crippen LogP contribution < -0.4 is 4.74 Å². The Bertz CT molecular complexity index is 544. The number of rotatable bonds is 6. The Morgan fingerprint density at radius 2 is 1.83 bits per heavy atom. The predicted molar refractivity (Wildman–Crippen MR) is 83.4 cm³/mol. The third-order valence-corrected chi connectivity index (χ3v) is 4.19. The molecule has 2 N–H and O–H groups in total. The second kappa shape index (κ2) is 6.95. The molecule has 2 aliphatic heterocycles. The molecule has 0 spiro atoms. The fourth-order valence-electron chi connectivity index (χ4n) is 3.04. The van der Waals surface area contributed by atoms with Crippen molar-refractivity contribution in [3.63, 3.8) is 0 Å². The van der Waals surface area contributed by atoms with Gasteiger partial charge in [0.05, 0.1) is 20.3 Å². The lowest BCUT2D eigenvalue weighted by atomic mass is 10.1. The standard InChI is InChI=1S/C17H24O7/c1-17(2)23-14-13(12(19)8-18)22-16(15(14)24-17)21-9-10-4-6-11(20-3)7-5-10/h4-7,12-16,18-19H,8-9H2,1-3H3/t12-,13-,14-,15?,16+/m1/s1. The first-order valence-electron chi connectivity index (χ1n) is 7.98. The second-order valence-electron chi connectivity index (χ2n) is 6.44. The van der Waals surface area contributed by atoms with Crippen LogP contribution >= 0.6 is 0 Å². The summed E-state index contributed by atoms with van der Waals surface area (Å²) in [6.07, 6.45) is -3.36. The van der Waals surface area contributed by atoms with Gasteiger partial charge in [-0.15, -0.1) is 0 Å². The van der Waals surface area contributed by atoms with Crippen molar-refractivity contribution in [1.29, 1.82) is 0 Å². The van der Waals surface area contributed by atoms with Gasteiger partial charge >= 0.3 is 0 Å². The van der Waals surface area contributed by atoms with E-state index in [0.29, 0.717) is 6.61 Å². The highest BCUT2D eigenvalue weighted by atomic mass is 16.8. The van der Waals surface area contributed by atoms with E-state index in [1.165, 1.54) is 0 Å². The summed E-state index contributed by atoms with van der Waals surface area (Å²) in [6.45, 7) is 3.51. The maximum Gasteiger partial charge on any atom is 0.187 e. The lowest BCUT2D eigenvalue weighted by Crippen LogP contribution is -2.40. The molecule has 134 valence electrons. The van der Waals surface area contributed by atoms with Crippen LogP contribution in [-0.4, -0.2) is 60.4 Å². The molecule has 3 rings (SSSR count). The molecule has 0 aliphatic carbocycles. The van der Waals surface area contributed by atoms with Crippen molar-refractivity contribution in [3.8, 4) is 5.75 Å². The van der Waals surface area contributed by atoms with Gasteiger partial charge in [-0.05, 0) is 31.5 Å². The van der Waals surface area contributed by atoms with Gasteiger partial charge in [0.25, 0.3) is 0 Å². The number of benzene rings is 1. The topological polar surface area (TPSA) is 86.6 Å². The molecule has 2 aliphatic rings. The van der Waals surface area contributed by atoms with Gasteiger partial charge in [0, 0.05) is 0 Å². The van der Waals surface area contributed by atoms with E-state index >= 15 is 0 Å². The van der Waals surface area contributed by atoms with Crippen LogP contribution in [0.2, 0.25) is 0 Å². The van der Waals surface area contributed by atoms with Crippen molar-refractivity contribution >= 4 is 0 Å². The zero-order valence-electron chi connectivity index (χ0n) is 14.0. The smallest absolute Gasteiger partial charge is 0.187 e. The van der Waals surface area contributed by atoms with Gasteiger partial charge in [0.15, 0.2) is 12.1 Å². The molecule has 7 nitrogen and oxygen atoms in total. The number of methoxy groups -OCH3 is 1. The summed E-state index contributed by atoms with van der Waals surface area (Å²) in [4.78, 5) is 0. The fraction of sp³-hybridized carbons (Fsp3) is 0.647. The lowest BCUT2D eigenvalue weighted by Gasteiger charge is -2.25. The number of fused-ring (bicyclic) bond motifs is 1. The molecular weight excluding hydrogens is 316 g/mol. The van der Waals surface area contributed by atoms with E-state index in [1.807, 2.05) is 24.3 Å². The fourth-order valence-corrected chi connectivity index (χ4v) is 3.04. The summed E-state index contributed by atoms with van der Waals surface area (Å²) in [5.74, 6) is -0.00908. The molecule has 0 radical (unpaired) electrons. The summed E-state index contributed by atoms with van der Waals surface area (Å²) in [6, 6.07) is 7.52. The summed E-state index contributed by atoms with van der Waals surface area (Å²) in [5, 5.41) is 19.2. The van der Waals surface area contributed by atoms with Crippen LogP contribution in [0.4, 0.5) is 0 Å². The van der Waals surface area contributed by atoms with Crippen LogP contribution in [0.25, 0.3) is 0 Å². The molecule has 1 unspecified atom stereocenters. The van der Waals surface area contributed by atoms with Crippen molar-refractivity contribution < 1.29 is 33.9 Å². The SMILES string of the molecule is COc1ccc(CO[C@H]2O[C@H]([C@H](O)CO)[C@H]3OC(C)(C)OC23)cc1. The molecule has 0 aromatic heterocycles. The van der Waals surface area contributed by atoms with Crippen molar-refractivity contribution in [2.45, 2.75) is 56.9 Å². The van der Waals surface area contributed by atoms with E-state index in [4.69, 9.17) is 23.7 Å². The normalized spacial score (nSPS) is 32.5. The molecule has 24 heavy (non-hydrogen) atoms. The molecule has 1 aromatic carbocycles. The first-order chi connectivity index (χ1) is 11.4. The van der Waals surface area contributed by atoms with Gasteiger partial charge < -0.3 is 33.9 Å². The first kappa shape index (κ1) is 17.6. The Morgan fingerprint density at radius 1 is 1.17 bits per heavy atom. The minimum absolute atomic E-state index is 0.323. The molecule has 2 saturated heterocycles. The van der Waals surface area contributed by atoms with E-state index in [2.05, 4.69) is 0 Å². The zero-order chi connectivity index (χ0) is 17.3. The van der Waals surface area contributed by atoms with E-state index in [1.54, 1.807) is 21.0 Å². The highest BCUT2D eigenvalue weighted by Gasteiger charge is 2.57. The van der Waals surface area contributed by atoms with Gasteiger partial charge in [-0.1, -0.05) is 12.1 Å². The number of ether oxygens (including phenoxy) is 5. The van der Waals surface area contributed by atoms with Gasteiger partial charge in [-0.2, -0.15) is 0 Å². The van der Waals surface area contributed by atoms with E-state index in [0.717, 1.165) is 11.3 Å². The molecule has 2 fully saturated rings. The highest BCUT2D eigenvalue weighted by molar-refractivity contribution is 5.26. The van der Waals surface area contributed by atoms with Crippen molar-refractivity contribution in [2.75, 3.05) is 13.7 Å². The minimum Gasteiger partial charge on any atom is -0.497 e. The Hall–Kier alpha value is -1.22. The third kappa shape index (κ3) is 3.56. The van der Waals surface area contributed by atoms with Gasteiger partial charge in [0.2, 0.25) is 0 Å². The summed E-state index contributed by atoms with van der Waals surface area (Å²) in [5.41, 5.74) is 0.959. The van der Waals surface area contributed by atoms with Crippen LogP contribution in [0.1, 0.15) is 19.4 Å². The van der Waals surface area contributed by atoms with Crippen molar-refractivity contribution in [2.24, 2.45) is 0 Å². The Kier molecular flexibility index (Phi) is 5.10. The molecule has 5 atom stereocenters. The van der Waals surface area contributed by atoms with Crippen LogP contribution in [0.5, 0.6) is 5.75 Å². The number of hydrogen-bond donors (Lipinski definition) is 2. The third-order valence-electron chi connectivity index (χ3n) is 4.19. The molecule has 7 heteroatoms. The molecule has 2 heterocycles. The quantitative estimate of drug-likeness (QED) is 0.792. The maximum absolute atomic E-state index is 9.96. The Morgan fingerprint density at radius 3 is 2.46 bits per heavy atom. The Labute approximate surface area is 141 Å². The van der Waals surface area contributed by atoms with Crippen LogP contribution in [0, 0.1) is 0 Å². The second-order valence-corrected chi connectivity index (χ2v) is 6.44. The minimum atomic E-state index is -1.05. The van der Waals surface area contributed by atoms with Crippen LogP contribution in [0.3, 0.4) is 0 Å². The largest absolute Gasteiger partial charge is 0.497 e. The zero-order valence-corrected chi connectivity index (χ0v) is 14.0. The van der Waals surface area contributed by atoms with E-state index < -0.39 is 43.1 Å². The summed E-state index contributed by atoms with van der Waals surface area (Å²) in [7, 11) is 1.61. The highest BCUT2D eigenvalue weighted by Crippen LogP contribution is 2.40. The van der Waals surface area contributed by atoms with Gasteiger partial charge in [-0.3, -0.25) is 0 Å².